The maximum Gasteiger partial charge on any atom is 0.130 e. The van der Waals surface area contributed by atoms with Crippen LogP contribution in [0.25, 0.3) is 0 Å². The number of hydrogen-bond donors (Lipinski definition) is 0. The number of halogens is 1. The molecule has 0 spiro atoms. The van der Waals surface area contributed by atoms with Crippen LogP contribution in [-0.2, 0) is 5.67 Å². The van der Waals surface area contributed by atoms with E-state index in [1.54, 1.807) is 19.9 Å². The topological polar surface area (TPSA) is 0 Å². The minimum absolute atomic E-state index is 0.727. The summed E-state index contributed by atoms with van der Waals surface area (Å²) in [5.41, 5.74) is -0.503. The van der Waals surface area contributed by atoms with Crippen LogP contribution in [0.4, 0.5) is 4.39 Å². The van der Waals surface area contributed by atoms with Crippen molar-refractivity contribution in [1.82, 2.24) is 0 Å². The Labute approximate surface area is 69.0 Å². The monoisotopic (exact) mass is 170 g/mol. The van der Waals surface area contributed by atoms with Crippen LogP contribution in [0.5, 0.6) is 0 Å². The van der Waals surface area contributed by atoms with Gasteiger partial charge in [0.1, 0.15) is 5.67 Å². The van der Waals surface area contributed by atoms with E-state index in [1.807, 2.05) is 18.2 Å². The molecule has 0 aliphatic rings. The molecule has 1 aromatic carbocycles. The van der Waals surface area contributed by atoms with Gasteiger partial charge in [-0.05, 0) is 30.8 Å². The quantitative estimate of drug-likeness (QED) is 0.568. The van der Waals surface area contributed by atoms with Gasteiger partial charge in [0, 0.05) is 0 Å². The Kier molecular flexibility index (Phi) is 2.29. The summed E-state index contributed by atoms with van der Waals surface area (Å²) in [4.78, 5) is 0. The molecular formula is C9H12FP. The molecule has 1 unspecified atom stereocenters. The Hall–Kier alpha value is -0.420. The number of hydrogen-bond acceptors (Lipinski definition) is 0. The van der Waals surface area contributed by atoms with Gasteiger partial charge in [-0.1, -0.05) is 18.2 Å². The molecule has 0 amide bonds. The zero-order valence-electron chi connectivity index (χ0n) is 6.76. The van der Waals surface area contributed by atoms with Crippen molar-refractivity contribution in [2.75, 3.05) is 0 Å². The first kappa shape index (κ1) is 8.67. The second-order valence-electron chi connectivity index (χ2n) is 3.10. The number of benzene rings is 1. The molecule has 0 fully saturated rings. The first-order chi connectivity index (χ1) is 5.00. The normalized spacial score (nSPS) is 11.6. The highest BCUT2D eigenvalue weighted by atomic mass is 31.0. The fraction of sp³-hybridized carbons (Fsp3) is 0.333. The van der Waals surface area contributed by atoms with Crippen molar-refractivity contribution in [3.63, 3.8) is 0 Å². The minimum Gasteiger partial charge on any atom is -0.239 e. The van der Waals surface area contributed by atoms with Gasteiger partial charge in [0.25, 0.3) is 0 Å². The van der Waals surface area contributed by atoms with Gasteiger partial charge in [0.05, 0.1) is 0 Å². The highest BCUT2D eigenvalue weighted by Gasteiger charge is 2.17. The zero-order valence-corrected chi connectivity index (χ0v) is 7.92. The summed E-state index contributed by atoms with van der Waals surface area (Å²) in [6, 6.07) is 7.43. The van der Waals surface area contributed by atoms with Crippen LogP contribution >= 0.6 is 9.24 Å². The second kappa shape index (κ2) is 2.91. The van der Waals surface area contributed by atoms with Crippen LogP contribution in [0.1, 0.15) is 19.4 Å². The Morgan fingerprint density at radius 1 is 1.36 bits per heavy atom. The summed E-state index contributed by atoms with van der Waals surface area (Å²) in [5.74, 6) is 0. The van der Waals surface area contributed by atoms with Gasteiger partial charge >= 0.3 is 0 Å². The van der Waals surface area contributed by atoms with Gasteiger partial charge in [0.15, 0.2) is 0 Å². The summed E-state index contributed by atoms with van der Waals surface area (Å²) in [5, 5.41) is 1.02. The van der Waals surface area contributed by atoms with Gasteiger partial charge in [-0.3, -0.25) is 0 Å². The van der Waals surface area contributed by atoms with E-state index in [0.717, 1.165) is 10.9 Å². The van der Waals surface area contributed by atoms with Crippen molar-refractivity contribution in [3.8, 4) is 0 Å². The van der Waals surface area contributed by atoms with Crippen molar-refractivity contribution in [3.05, 3.63) is 29.8 Å². The van der Waals surface area contributed by atoms with Crippen LogP contribution in [0.2, 0.25) is 0 Å². The third-order valence-electron chi connectivity index (χ3n) is 1.57. The average Bonchev–Trinajstić information content (AvgIpc) is 1.86. The molecule has 0 aromatic heterocycles. The third kappa shape index (κ3) is 2.27. The van der Waals surface area contributed by atoms with Gasteiger partial charge < -0.3 is 0 Å². The molecule has 2 heteroatoms. The van der Waals surface area contributed by atoms with E-state index in [9.17, 15) is 4.39 Å². The van der Waals surface area contributed by atoms with Crippen LogP contribution in [-0.4, -0.2) is 0 Å². The maximum absolute atomic E-state index is 13.3. The molecule has 0 heterocycles. The molecule has 0 aliphatic heterocycles. The molecular weight excluding hydrogens is 158 g/mol. The van der Waals surface area contributed by atoms with E-state index in [1.165, 1.54) is 0 Å². The van der Waals surface area contributed by atoms with E-state index in [0.29, 0.717) is 0 Å². The summed E-state index contributed by atoms with van der Waals surface area (Å²) < 4.78 is 13.3. The highest BCUT2D eigenvalue weighted by molar-refractivity contribution is 7.27. The van der Waals surface area contributed by atoms with Crippen LogP contribution in [0.15, 0.2) is 24.3 Å². The molecule has 60 valence electrons. The lowest BCUT2D eigenvalue weighted by Crippen LogP contribution is -2.10. The molecule has 1 aromatic rings. The second-order valence-corrected chi connectivity index (χ2v) is 3.76. The van der Waals surface area contributed by atoms with Crippen molar-refractivity contribution in [2.24, 2.45) is 0 Å². The Morgan fingerprint density at radius 3 is 2.36 bits per heavy atom. The molecule has 1 atom stereocenters. The van der Waals surface area contributed by atoms with Gasteiger partial charge in [-0.25, -0.2) is 4.39 Å². The lowest BCUT2D eigenvalue weighted by molar-refractivity contribution is 0.221. The third-order valence-corrected chi connectivity index (χ3v) is 1.93. The lowest BCUT2D eigenvalue weighted by atomic mass is 10.0. The van der Waals surface area contributed by atoms with Gasteiger partial charge in [-0.2, -0.15) is 0 Å². The summed E-state index contributed by atoms with van der Waals surface area (Å²) in [7, 11) is 2.55. The fourth-order valence-electron chi connectivity index (χ4n) is 0.908. The van der Waals surface area contributed by atoms with Crippen molar-refractivity contribution in [2.45, 2.75) is 19.5 Å². The van der Waals surface area contributed by atoms with Crippen molar-refractivity contribution < 1.29 is 4.39 Å². The molecule has 11 heavy (non-hydrogen) atoms. The van der Waals surface area contributed by atoms with Crippen molar-refractivity contribution >= 4 is 14.5 Å². The number of alkyl halides is 1. The molecule has 1 rings (SSSR count). The molecule has 0 aliphatic carbocycles. The minimum atomic E-state index is -1.23. The van der Waals surface area contributed by atoms with Crippen LogP contribution in [0.3, 0.4) is 0 Å². The van der Waals surface area contributed by atoms with E-state index in [-0.39, 0.29) is 0 Å². The lowest BCUT2D eigenvalue weighted by Gasteiger charge is -2.14. The molecule has 0 bridgehead atoms. The predicted octanol–water partition coefficient (Wildman–Crippen LogP) is 2.39. The van der Waals surface area contributed by atoms with E-state index in [4.69, 9.17) is 0 Å². The van der Waals surface area contributed by atoms with Crippen LogP contribution < -0.4 is 5.30 Å². The number of rotatable bonds is 1. The first-order valence-electron chi connectivity index (χ1n) is 3.55. The maximum atomic E-state index is 13.3. The molecule has 0 saturated carbocycles. The highest BCUT2D eigenvalue weighted by Crippen LogP contribution is 2.23. The summed E-state index contributed by atoms with van der Waals surface area (Å²) in [6.45, 7) is 3.12. The Bertz CT molecular complexity index is 250. The first-order valence-corrected chi connectivity index (χ1v) is 4.13. The smallest absolute Gasteiger partial charge is 0.130 e. The summed E-state index contributed by atoms with van der Waals surface area (Å²) in [6.07, 6.45) is 0. The standard InChI is InChI=1S/C9H12FP/c1-9(2,10)7-4-3-5-8(11)6-7/h3-6H,11H2,1-2H3. The predicted molar refractivity (Wildman–Crippen MR) is 49.9 cm³/mol. The molecule has 0 radical (unpaired) electrons. The molecule has 0 nitrogen and oxygen atoms in total. The Morgan fingerprint density at radius 2 is 2.00 bits per heavy atom. The SMILES string of the molecule is CC(C)(F)c1cccc(P)c1. The Balaban J connectivity index is 3.06. The average molecular weight is 170 g/mol. The van der Waals surface area contributed by atoms with Crippen molar-refractivity contribution in [1.29, 1.82) is 0 Å². The zero-order chi connectivity index (χ0) is 8.48. The van der Waals surface area contributed by atoms with Gasteiger partial charge in [0.2, 0.25) is 0 Å². The molecule has 0 saturated heterocycles. The molecule has 0 N–H and O–H groups in total. The van der Waals surface area contributed by atoms with E-state index in [2.05, 4.69) is 9.24 Å². The van der Waals surface area contributed by atoms with E-state index < -0.39 is 5.67 Å². The fourth-order valence-corrected chi connectivity index (χ4v) is 1.20. The summed E-state index contributed by atoms with van der Waals surface area (Å²) >= 11 is 0. The van der Waals surface area contributed by atoms with Crippen LogP contribution in [0, 0.1) is 0 Å². The van der Waals surface area contributed by atoms with Gasteiger partial charge in [-0.15, -0.1) is 9.24 Å². The van der Waals surface area contributed by atoms with E-state index >= 15 is 0 Å². The largest absolute Gasteiger partial charge is 0.239 e.